The fourth-order valence-corrected chi connectivity index (χ4v) is 4.09. The third kappa shape index (κ3) is 4.72. The molecule has 0 heterocycles. The van der Waals surface area contributed by atoms with E-state index >= 15 is 0 Å². The van der Waals surface area contributed by atoms with E-state index in [0.29, 0.717) is 28.2 Å². The van der Waals surface area contributed by atoms with Gasteiger partial charge in [0.05, 0.1) is 4.90 Å². The zero-order chi connectivity index (χ0) is 22.7. The van der Waals surface area contributed by atoms with E-state index in [1.54, 1.807) is 48.5 Å². The van der Waals surface area contributed by atoms with Crippen LogP contribution in [0, 0.1) is 5.41 Å². The van der Waals surface area contributed by atoms with Crippen molar-refractivity contribution in [1.82, 2.24) is 0 Å². The van der Waals surface area contributed by atoms with Crippen LogP contribution in [0.4, 0.5) is 0 Å². The van der Waals surface area contributed by atoms with Gasteiger partial charge in [-0.1, -0.05) is 48.5 Å². The summed E-state index contributed by atoms with van der Waals surface area (Å²) < 4.78 is 35.0. The average molecular weight is 448 g/mol. The summed E-state index contributed by atoms with van der Waals surface area (Å²) in [5.74, 6) is 1.20. The largest absolute Gasteiger partial charge is 0.458 e. The minimum atomic E-state index is -3.83. The third-order valence-corrected chi connectivity index (χ3v) is 5.90. The van der Waals surface area contributed by atoms with Gasteiger partial charge in [-0.25, -0.2) is 13.6 Å². The second-order valence-corrected chi connectivity index (χ2v) is 8.64. The number of hydrogen-bond acceptors (Lipinski definition) is 5. The first kappa shape index (κ1) is 21.4. The van der Waals surface area contributed by atoms with E-state index in [1.807, 2.05) is 30.3 Å². The summed E-state index contributed by atoms with van der Waals surface area (Å²) in [6, 6.07) is 24.7. The molecule has 0 unspecified atom stereocenters. The molecule has 7 nitrogen and oxygen atoms in total. The van der Waals surface area contributed by atoms with Crippen molar-refractivity contribution in [3.8, 4) is 22.6 Å². The van der Waals surface area contributed by atoms with Crippen molar-refractivity contribution < 1.29 is 17.9 Å². The highest BCUT2D eigenvalue weighted by Crippen LogP contribution is 2.28. The van der Waals surface area contributed by atoms with Crippen LogP contribution in [0.3, 0.4) is 0 Å². The number of sulfonamides is 1. The molecule has 0 atom stereocenters. The van der Waals surface area contributed by atoms with Crippen LogP contribution in [-0.4, -0.2) is 21.0 Å². The van der Waals surface area contributed by atoms with Crippen molar-refractivity contribution in [2.24, 2.45) is 10.9 Å². The number of nitrogens with two attached hydrogens (primary N) is 2. The first-order valence-corrected chi connectivity index (χ1v) is 11.2. The first-order chi connectivity index (χ1) is 15.3. The molecular formula is C24H21N3O4S. The van der Waals surface area contributed by atoms with Gasteiger partial charge in [0.25, 0.3) is 0 Å². The van der Waals surface area contributed by atoms with Crippen molar-refractivity contribution >= 4 is 26.6 Å². The summed E-state index contributed by atoms with van der Waals surface area (Å²) in [7, 11) is -3.83. The monoisotopic (exact) mass is 447 g/mol. The number of benzene rings is 4. The van der Waals surface area contributed by atoms with Crippen LogP contribution in [0.1, 0.15) is 5.56 Å². The molecule has 162 valence electrons. The van der Waals surface area contributed by atoms with Crippen LogP contribution in [-0.2, 0) is 10.0 Å². The second kappa shape index (κ2) is 8.70. The Morgan fingerprint density at radius 2 is 1.47 bits per heavy atom. The van der Waals surface area contributed by atoms with Crippen molar-refractivity contribution in [1.29, 1.82) is 5.41 Å². The van der Waals surface area contributed by atoms with Crippen LogP contribution in [0.25, 0.3) is 21.9 Å². The summed E-state index contributed by atoms with van der Waals surface area (Å²) in [4.78, 5) is 0.0706. The lowest BCUT2D eigenvalue weighted by Crippen LogP contribution is -2.13. The zero-order valence-corrected chi connectivity index (χ0v) is 17.8. The number of ether oxygens (including phenoxy) is 2. The van der Waals surface area contributed by atoms with Crippen LogP contribution < -0.4 is 20.3 Å². The lowest BCUT2D eigenvalue weighted by molar-refractivity contribution is 0.120. The molecule has 0 bridgehead atoms. The number of primary sulfonamides is 1. The fourth-order valence-electron chi connectivity index (χ4n) is 3.33. The Hall–Kier alpha value is -3.88. The minimum absolute atomic E-state index is 0.00891. The lowest BCUT2D eigenvalue weighted by Gasteiger charge is -2.11. The van der Waals surface area contributed by atoms with Crippen molar-refractivity contribution in [2.75, 3.05) is 6.79 Å². The maximum atomic E-state index is 11.8. The molecule has 4 rings (SSSR count). The van der Waals surface area contributed by atoms with E-state index in [4.69, 9.17) is 25.8 Å². The topological polar surface area (TPSA) is 128 Å². The van der Waals surface area contributed by atoms with Crippen LogP contribution in [0.15, 0.2) is 89.8 Å². The molecular weight excluding hydrogens is 426 g/mol. The van der Waals surface area contributed by atoms with E-state index in [1.165, 1.54) is 6.07 Å². The van der Waals surface area contributed by atoms with Gasteiger partial charge in [0, 0.05) is 11.1 Å². The molecule has 5 N–H and O–H groups in total. The Labute approximate surface area is 185 Å². The SMILES string of the molecule is N=C(N)c1ccc2ccc(OCOc3ccc(-c4ccccc4S(N)(=O)=O)cc3)cc2c1. The Balaban J connectivity index is 1.44. The molecule has 0 amide bonds. The van der Waals surface area contributed by atoms with Crippen LogP contribution in [0.5, 0.6) is 11.5 Å². The highest BCUT2D eigenvalue weighted by molar-refractivity contribution is 7.89. The predicted molar refractivity (Wildman–Crippen MR) is 124 cm³/mol. The van der Waals surface area contributed by atoms with E-state index in [0.717, 1.165) is 10.8 Å². The summed E-state index contributed by atoms with van der Waals surface area (Å²) in [6.45, 7) is -0.00891. The summed E-state index contributed by atoms with van der Waals surface area (Å²) in [5, 5.41) is 14.8. The van der Waals surface area contributed by atoms with Gasteiger partial charge in [-0.2, -0.15) is 0 Å². The highest BCUT2D eigenvalue weighted by Gasteiger charge is 2.14. The Bertz CT molecular complexity index is 1400. The zero-order valence-electron chi connectivity index (χ0n) is 17.0. The predicted octanol–water partition coefficient (Wildman–Crippen LogP) is 3.85. The standard InChI is InChI=1S/C24H21N3O4S/c25-24(26)18-6-5-16-7-12-21(14-19(16)13-18)31-15-30-20-10-8-17(9-11-20)22-3-1-2-4-23(22)32(27,28)29/h1-14H,15H2,(H3,25,26)(H2,27,28,29). The molecule has 0 saturated heterocycles. The molecule has 4 aromatic carbocycles. The number of amidine groups is 1. The molecule has 0 aliphatic carbocycles. The molecule has 0 saturated carbocycles. The summed E-state index contributed by atoms with van der Waals surface area (Å²) in [6.07, 6.45) is 0. The maximum absolute atomic E-state index is 11.8. The van der Waals surface area contributed by atoms with Gasteiger partial charge in [-0.05, 0) is 52.7 Å². The van der Waals surface area contributed by atoms with E-state index in [-0.39, 0.29) is 17.5 Å². The van der Waals surface area contributed by atoms with Gasteiger partial charge in [0.15, 0.2) is 0 Å². The number of rotatable bonds is 7. The maximum Gasteiger partial charge on any atom is 0.238 e. The van der Waals surface area contributed by atoms with E-state index in [9.17, 15) is 8.42 Å². The van der Waals surface area contributed by atoms with Gasteiger partial charge in [0.2, 0.25) is 16.8 Å². The third-order valence-electron chi connectivity index (χ3n) is 4.93. The molecule has 8 heteroatoms. The number of fused-ring (bicyclic) bond motifs is 1. The number of hydrogen-bond donors (Lipinski definition) is 3. The van der Waals surface area contributed by atoms with E-state index < -0.39 is 10.0 Å². The Morgan fingerprint density at radius 3 is 2.19 bits per heavy atom. The average Bonchev–Trinajstić information content (AvgIpc) is 2.78. The van der Waals surface area contributed by atoms with Crippen LogP contribution in [0.2, 0.25) is 0 Å². The number of nitrogens with one attached hydrogen (secondary N) is 1. The number of nitrogen functional groups attached to an aromatic ring is 1. The fraction of sp³-hybridized carbons (Fsp3) is 0.0417. The highest BCUT2D eigenvalue weighted by atomic mass is 32.2. The Kier molecular flexibility index (Phi) is 5.81. The van der Waals surface area contributed by atoms with Crippen molar-refractivity contribution in [3.63, 3.8) is 0 Å². The molecule has 4 aromatic rings. The lowest BCUT2D eigenvalue weighted by atomic mass is 10.1. The molecule has 0 aliphatic rings. The summed E-state index contributed by atoms with van der Waals surface area (Å²) >= 11 is 0. The van der Waals surface area contributed by atoms with Gasteiger partial charge >= 0.3 is 0 Å². The first-order valence-electron chi connectivity index (χ1n) is 9.67. The molecule has 0 spiro atoms. The van der Waals surface area contributed by atoms with Crippen LogP contribution >= 0.6 is 0 Å². The van der Waals surface area contributed by atoms with Gasteiger partial charge in [0.1, 0.15) is 17.3 Å². The molecule has 0 radical (unpaired) electrons. The van der Waals surface area contributed by atoms with Gasteiger partial charge in [-0.3, -0.25) is 5.41 Å². The molecule has 0 aromatic heterocycles. The normalized spacial score (nSPS) is 11.3. The Morgan fingerprint density at radius 1 is 0.812 bits per heavy atom. The van der Waals surface area contributed by atoms with Crippen molar-refractivity contribution in [3.05, 3.63) is 90.5 Å². The van der Waals surface area contributed by atoms with Gasteiger partial charge < -0.3 is 15.2 Å². The summed E-state index contributed by atoms with van der Waals surface area (Å²) in [5.41, 5.74) is 7.44. The van der Waals surface area contributed by atoms with Gasteiger partial charge in [-0.15, -0.1) is 0 Å². The van der Waals surface area contributed by atoms with Crippen molar-refractivity contribution in [2.45, 2.75) is 4.90 Å². The minimum Gasteiger partial charge on any atom is -0.458 e. The second-order valence-electron chi connectivity index (χ2n) is 7.11. The molecule has 0 aliphatic heterocycles. The van der Waals surface area contributed by atoms with E-state index in [2.05, 4.69) is 0 Å². The molecule has 0 fully saturated rings. The quantitative estimate of drug-likeness (QED) is 0.225. The smallest absolute Gasteiger partial charge is 0.238 e. The molecule has 32 heavy (non-hydrogen) atoms.